The van der Waals surface area contributed by atoms with E-state index in [9.17, 15) is 18.9 Å². The van der Waals surface area contributed by atoms with E-state index in [4.69, 9.17) is 16.3 Å². The Kier molecular flexibility index (Phi) is 13.0. The molecule has 4 aromatic rings. The predicted molar refractivity (Wildman–Crippen MR) is 241 cm³/mol. The third-order valence-corrected chi connectivity index (χ3v) is 14.3. The predicted octanol–water partition coefficient (Wildman–Crippen LogP) is 6.24. The molecule has 3 aromatic carbocycles. The van der Waals surface area contributed by atoms with E-state index in [1.165, 1.54) is 11.8 Å². The molecule has 1 aromatic heterocycles. The number of benzene rings is 3. The number of nitrogens with zero attached hydrogens (tertiary/aromatic N) is 6. The highest BCUT2D eigenvalue weighted by Crippen LogP contribution is 2.39. The van der Waals surface area contributed by atoms with Gasteiger partial charge in [0.05, 0.1) is 24.7 Å². The van der Waals surface area contributed by atoms with E-state index in [1.54, 1.807) is 25.3 Å². The van der Waals surface area contributed by atoms with Crippen LogP contribution in [0.5, 0.6) is 5.75 Å². The summed E-state index contributed by atoms with van der Waals surface area (Å²) in [5.41, 5.74) is 5.44. The highest BCUT2D eigenvalue weighted by molar-refractivity contribution is 7.70. The molecule has 16 heteroatoms. The van der Waals surface area contributed by atoms with Crippen LogP contribution in [0.3, 0.4) is 0 Å². The van der Waals surface area contributed by atoms with Gasteiger partial charge in [0, 0.05) is 80.9 Å². The molecular formula is C45H55ClN9O5P. The fourth-order valence-corrected chi connectivity index (χ4v) is 10.5. The van der Waals surface area contributed by atoms with E-state index in [-0.39, 0.29) is 24.1 Å². The molecule has 8 rings (SSSR count). The van der Waals surface area contributed by atoms with E-state index in [2.05, 4.69) is 58.8 Å². The number of carbonyl (C=O) groups excluding carboxylic acids is 3. The van der Waals surface area contributed by atoms with Crippen LogP contribution in [-0.4, -0.2) is 121 Å². The number of aryl methyl sites for hydroxylation is 1. The summed E-state index contributed by atoms with van der Waals surface area (Å²) in [7, 11) is -0.883. The van der Waals surface area contributed by atoms with Crippen LogP contribution in [0.15, 0.2) is 66.9 Å². The molecule has 3 amide bonds. The lowest BCUT2D eigenvalue weighted by Crippen LogP contribution is -2.53. The van der Waals surface area contributed by atoms with Crippen LogP contribution in [0, 0.1) is 0 Å². The second-order valence-corrected chi connectivity index (χ2v) is 20.4. The number of para-hydroxylation sites is 1. The topological polar surface area (TPSA) is 152 Å². The maximum absolute atomic E-state index is 13.2. The molecule has 1 atom stereocenters. The molecule has 322 valence electrons. The van der Waals surface area contributed by atoms with E-state index < -0.39 is 13.2 Å². The van der Waals surface area contributed by atoms with Crippen molar-refractivity contribution in [2.75, 3.05) is 81.8 Å². The lowest BCUT2D eigenvalue weighted by Gasteiger charge is -2.43. The maximum Gasteiger partial charge on any atom is 0.255 e. The first-order valence-electron chi connectivity index (χ1n) is 21.3. The number of hydrogen-bond acceptors (Lipinski definition) is 12. The molecule has 4 aliphatic rings. The number of ether oxygens (including phenoxy) is 1. The van der Waals surface area contributed by atoms with Crippen molar-refractivity contribution < 1.29 is 23.7 Å². The van der Waals surface area contributed by atoms with Crippen molar-refractivity contribution >= 4 is 70.6 Å². The Morgan fingerprint density at radius 2 is 1.69 bits per heavy atom. The molecule has 4 aliphatic heterocycles. The largest absolute Gasteiger partial charge is 0.494 e. The number of imide groups is 1. The lowest BCUT2D eigenvalue weighted by atomic mass is 9.98. The van der Waals surface area contributed by atoms with Crippen LogP contribution < -0.4 is 30.9 Å². The van der Waals surface area contributed by atoms with Crippen LogP contribution >= 0.6 is 18.7 Å². The second-order valence-electron chi connectivity index (χ2n) is 16.8. The summed E-state index contributed by atoms with van der Waals surface area (Å²) in [5.74, 6) is 0.691. The first-order valence-corrected chi connectivity index (χ1v) is 24.3. The van der Waals surface area contributed by atoms with Crippen molar-refractivity contribution in [3.05, 3.63) is 88.6 Å². The summed E-state index contributed by atoms with van der Waals surface area (Å²) >= 11 is 6.49. The van der Waals surface area contributed by atoms with Crippen LogP contribution in [0.25, 0.3) is 0 Å². The van der Waals surface area contributed by atoms with Crippen molar-refractivity contribution in [2.24, 2.45) is 0 Å². The standard InChI is InChI=1S/C45H55ClN9O5P/c1-60-39-27-32(14-15-36(39)49-45-47-28-35(46)42(51-45)48-37-12-4-5-13-40(37)61(2,3)59)53-21-18-31(19-22-53)54-25-23-52(24-26-54)20-7-6-9-30-10-8-11-33-34(30)29-55(44(33)58)38-16-17-41(56)50-43(38)57/h4-5,8,10-15,27-28,31,38H,6-7,9,16-26,29H2,1-3H3,(H,50,56,57)(H2,47,48,49,51). The molecule has 5 heterocycles. The first-order chi connectivity index (χ1) is 29.4. The van der Waals surface area contributed by atoms with Crippen LogP contribution in [0.4, 0.5) is 28.8 Å². The van der Waals surface area contributed by atoms with E-state index in [0.717, 1.165) is 100 Å². The van der Waals surface area contributed by atoms with Gasteiger partial charge in [0.2, 0.25) is 17.8 Å². The molecular weight excluding hydrogens is 813 g/mol. The number of amides is 3. The number of anilines is 5. The highest BCUT2D eigenvalue weighted by Gasteiger charge is 2.39. The molecule has 0 aliphatic carbocycles. The first kappa shape index (κ1) is 42.7. The Morgan fingerprint density at radius 3 is 2.44 bits per heavy atom. The summed E-state index contributed by atoms with van der Waals surface area (Å²) in [6.07, 6.45) is 7.42. The fraction of sp³-hybridized carbons (Fsp3) is 0.444. The number of nitrogens with one attached hydrogen (secondary N) is 3. The van der Waals surface area contributed by atoms with E-state index >= 15 is 0 Å². The third kappa shape index (κ3) is 9.73. The minimum Gasteiger partial charge on any atom is -0.494 e. The van der Waals surface area contributed by atoms with Crippen LogP contribution in [0.1, 0.15) is 60.0 Å². The lowest BCUT2D eigenvalue weighted by molar-refractivity contribution is -0.136. The Hall–Kier alpha value is -5.01. The number of hydrogen-bond donors (Lipinski definition) is 3. The van der Waals surface area contributed by atoms with E-state index in [0.29, 0.717) is 52.8 Å². The summed E-state index contributed by atoms with van der Waals surface area (Å²) < 4.78 is 18.7. The molecule has 3 fully saturated rings. The minimum atomic E-state index is -2.54. The van der Waals surface area contributed by atoms with Crippen molar-refractivity contribution in [1.82, 2.24) is 30.0 Å². The van der Waals surface area contributed by atoms with Crippen LogP contribution in [0.2, 0.25) is 5.02 Å². The summed E-state index contributed by atoms with van der Waals surface area (Å²) in [5, 5.41) is 10.0. The average molecular weight is 868 g/mol. The normalized spacial score (nSPS) is 19.2. The van der Waals surface area contributed by atoms with Gasteiger partial charge in [0.25, 0.3) is 5.91 Å². The summed E-state index contributed by atoms with van der Waals surface area (Å²) in [4.78, 5) is 55.8. The number of piperidine rings is 2. The van der Waals surface area contributed by atoms with Gasteiger partial charge >= 0.3 is 0 Å². The zero-order valence-corrected chi connectivity index (χ0v) is 36.8. The monoisotopic (exact) mass is 867 g/mol. The molecule has 3 saturated heterocycles. The minimum absolute atomic E-state index is 0.112. The fourth-order valence-electron chi connectivity index (χ4n) is 9.17. The molecule has 0 bridgehead atoms. The SMILES string of the molecule is COc1cc(N2CCC(N3CCN(CCCCc4cccc5c4CN(C4CCC(=O)NC4=O)C5=O)CC3)CC2)ccc1Nc1ncc(Cl)c(Nc2ccccc2P(C)(C)=O)n1. The number of methoxy groups -OCH3 is 1. The van der Waals surface area contributed by atoms with Crippen molar-refractivity contribution in [3.8, 4) is 5.75 Å². The van der Waals surface area contributed by atoms with E-state index in [1.807, 2.05) is 42.5 Å². The second kappa shape index (κ2) is 18.5. The number of carbonyl (C=O) groups is 3. The average Bonchev–Trinajstić information content (AvgIpc) is 3.60. The number of unbranched alkanes of at least 4 members (excludes halogenated alkanes) is 1. The third-order valence-electron chi connectivity index (χ3n) is 12.5. The number of aromatic nitrogens is 2. The highest BCUT2D eigenvalue weighted by atomic mass is 35.5. The van der Waals surface area contributed by atoms with Gasteiger partial charge in [-0.25, -0.2) is 4.98 Å². The van der Waals surface area contributed by atoms with Gasteiger partial charge in [-0.2, -0.15) is 4.98 Å². The van der Waals surface area contributed by atoms with Gasteiger partial charge in [-0.05, 0) is 99.9 Å². The summed E-state index contributed by atoms with van der Waals surface area (Å²) in [6, 6.07) is 19.5. The molecule has 0 spiro atoms. The summed E-state index contributed by atoms with van der Waals surface area (Å²) in [6.45, 7) is 11.2. The Labute approximate surface area is 362 Å². The van der Waals surface area contributed by atoms with Gasteiger partial charge in [0.15, 0.2) is 5.82 Å². The molecule has 14 nitrogen and oxygen atoms in total. The molecule has 61 heavy (non-hydrogen) atoms. The van der Waals surface area contributed by atoms with Crippen LogP contribution in [-0.2, 0) is 27.1 Å². The van der Waals surface area contributed by atoms with Crippen molar-refractivity contribution in [2.45, 2.75) is 63.6 Å². The number of rotatable bonds is 14. The molecule has 1 unspecified atom stereocenters. The maximum atomic E-state index is 13.2. The zero-order chi connectivity index (χ0) is 42.7. The Bertz CT molecular complexity index is 2330. The Balaban J connectivity index is 0.781. The Morgan fingerprint density at radius 1 is 0.902 bits per heavy atom. The van der Waals surface area contributed by atoms with Gasteiger partial charge in [0.1, 0.15) is 24.0 Å². The van der Waals surface area contributed by atoms with Crippen molar-refractivity contribution in [3.63, 3.8) is 0 Å². The quantitative estimate of drug-likeness (QED) is 0.0748. The molecule has 3 N–H and O–H groups in total. The van der Waals surface area contributed by atoms with Gasteiger partial charge < -0.3 is 34.6 Å². The van der Waals surface area contributed by atoms with Gasteiger partial charge in [-0.1, -0.05) is 35.9 Å². The van der Waals surface area contributed by atoms with Crippen molar-refractivity contribution in [1.29, 1.82) is 0 Å². The number of piperazine rings is 1. The smallest absolute Gasteiger partial charge is 0.255 e. The zero-order valence-electron chi connectivity index (χ0n) is 35.2. The molecule has 0 radical (unpaired) electrons. The van der Waals surface area contributed by atoms with Gasteiger partial charge in [-0.15, -0.1) is 0 Å². The number of halogens is 1. The molecule has 0 saturated carbocycles. The van der Waals surface area contributed by atoms with Gasteiger partial charge in [-0.3, -0.25) is 24.6 Å². The number of fused-ring (bicyclic) bond motifs is 1.